The Labute approximate surface area is 177 Å². The first-order valence-corrected chi connectivity index (χ1v) is 10.8. The fourth-order valence-corrected chi connectivity index (χ4v) is 2.87. The summed E-state index contributed by atoms with van der Waals surface area (Å²) in [5.41, 5.74) is 0. The lowest BCUT2D eigenvalue weighted by Crippen LogP contribution is -2.58. The van der Waals surface area contributed by atoms with Crippen LogP contribution in [0.1, 0.15) is 79.1 Å². The van der Waals surface area contributed by atoms with Crippen LogP contribution in [0.15, 0.2) is 0 Å². The van der Waals surface area contributed by atoms with Crippen LogP contribution < -0.4 is 0 Å². The molecule has 0 N–H and O–H groups in total. The predicted molar refractivity (Wildman–Crippen MR) is 105 cm³/mol. The highest BCUT2D eigenvalue weighted by Crippen LogP contribution is 2.26. The molecular formula is C21H34O9. The molecule has 0 aliphatic carbocycles. The van der Waals surface area contributed by atoms with E-state index in [9.17, 15) is 19.2 Å². The minimum atomic E-state index is -1.26. The summed E-state index contributed by atoms with van der Waals surface area (Å²) in [6.07, 6.45) is -1.76. The highest BCUT2D eigenvalue weighted by molar-refractivity contribution is 5.72. The second-order valence-electron chi connectivity index (χ2n) is 7.13. The Morgan fingerprint density at radius 1 is 0.633 bits per heavy atom. The topological polar surface area (TPSA) is 114 Å². The Hall–Kier alpha value is -2.16. The van der Waals surface area contributed by atoms with Crippen LogP contribution in [0.2, 0.25) is 0 Å². The molecule has 172 valence electrons. The minimum absolute atomic E-state index is 0.127. The molecule has 0 amide bonds. The lowest BCUT2D eigenvalue weighted by molar-refractivity contribution is -0.275. The molecule has 1 aliphatic heterocycles. The number of hydrogen-bond acceptors (Lipinski definition) is 9. The van der Waals surface area contributed by atoms with Crippen molar-refractivity contribution in [2.24, 2.45) is 0 Å². The van der Waals surface area contributed by atoms with Gasteiger partial charge in [0.15, 0.2) is 12.2 Å². The van der Waals surface area contributed by atoms with Gasteiger partial charge in [-0.3, -0.25) is 19.2 Å². The molecule has 0 aromatic rings. The lowest BCUT2D eigenvalue weighted by atomic mass is 10.0. The Morgan fingerprint density at radius 3 is 1.50 bits per heavy atom. The third-order valence-electron chi connectivity index (χ3n) is 4.27. The standard InChI is InChI=1S/C21H34O9/c1-5-9-15(22)27-14-13-26-21(30-18(25)12-8-4)20(29-17(24)11-7-3)19(14)28-16(23)10-6-2/h14,19-21H,5-13H2,1-4H3/t14-,19+,20-,21+/m1/s1. The zero-order valence-electron chi connectivity index (χ0n) is 18.3. The molecule has 30 heavy (non-hydrogen) atoms. The van der Waals surface area contributed by atoms with Gasteiger partial charge in [-0.15, -0.1) is 0 Å². The molecule has 9 nitrogen and oxygen atoms in total. The molecule has 1 heterocycles. The van der Waals surface area contributed by atoms with Crippen molar-refractivity contribution in [3.8, 4) is 0 Å². The van der Waals surface area contributed by atoms with Crippen LogP contribution in [-0.4, -0.2) is 55.1 Å². The average molecular weight is 430 g/mol. The average Bonchev–Trinajstić information content (AvgIpc) is 2.67. The van der Waals surface area contributed by atoms with Crippen molar-refractivity contribution in [2.75, 3.05) is 6.61 Å². The normalized spacial score (nSPS) is 23.3. The zero-order chi connectivity index (χ0) is 22.5. The van der Waals surface area contributed by atoms with E-state index in [0.29, 0.717) is 25.7 Å². The molecule has 0 spiro atoms. The van der Waals surface area contributed by atoms with Crippen LogP contribution in [0.25, 0.3) is 0 Å². The van der Waals surface area contributed by atoms with Gasteiger partial charge in [0.05, 0.1) is 6.61 Å². The fraction of sp³-hybridized carbons (Fsp3) is 0.810. The van der Waals surface area contributed by atoms with E-state index < -0.39 is 48.5 Å². The van der Waals surface area contributed by atoms with Crippen LogP contribution in [0.3, 0.4) is 0 Å². The summed E-state index contributed by atoms with van der Waals surface area (Å²) < 4.78 is 27.3. The fourth-order valence-electron chi connectivity index (χ4n) is 2.87. The number of ether oxygens (including phenoxy) is 5. The quantitative estimate of drug-likeness (QED) is 0.340. The Bertz CT molecular complexity index is 525. The molecule has 0 aromatic heterocycles. The van der Waals surface area contributed by atoms with Crippen molar-refractivity contribution in [1.82, 2.24) is 0 Å². The highest BCUT2D eigenvalue weighted by atomic mass is 16.7. The number of carbonyl (C=O) groups is 4. The van der Waals surface area contributed by atoms with Crippen molar-refractivity contribution in [3.05, 3.63) is 0 Å². The Morgan fingerprint density at radius 2 is 1.03 bits per heavy atom. The first-order valence-electron chi connectivity index (χ1n) is 10.8. The van der Waals surface area contributed by atoms with E-state index in [1.165, 1.54) is 0 Å². The lowest BCUT2D eigenvalue weighted by Gasteiger charge is -2.40. The number of hydrogen-bond donors (Lipinski definition) is 0. The molecule has 0 unspecified atom stereocenters. The third kappa shape index (κ3) is 8.69. The largest absolute Gasteiger partial charge is 0.456 e. The minimum Gasteiger partial charge on any atom is -0.456 e. The Kier molecular flexibility index (Phi) is 12.0. The van der Waals surface area contributed by atoms with Crippen LogP contribution in [-0.2, 0) is 42.9 Å². The second kappa shape index (κ2) is 14.0. The van der Waals surface area contributed by atoms with Gasteiger partial charge in [0.25, 0.3) is 0 Å². The number of rotatable bonds is 12. The van der Waals surface area contributed by atoms with Crippen molar-refractivity contribution in [3.63, 3.8) is 0 Å². The van der Waals surface area contributed by atoms with Crippen LogP contribution in [0.5, 0.6) is 0 Å². The van der Waals surface area contributed by atoms with Gasteiger partial charge in [0.1, 0.15) is 0 Å². The maximum atomic E-state index is 12.2. The second-order valence-corrected chi connectivity index (χ2v) is 7.13. The molecule has 4 atom stereocenters. The smallest absolute Gasteiger partial charge is 0.308 e. The maximum Gasteiger partial charge on any atom is 0.308 e. The van der Waals surface area contributed by atoms with Gasteiger partial charge in [-0.05, 0) is 25.7 Å². The molecule has 0 aromatic carbocycles. The van der Waals surface area contributed by atoms with Gasteiger partial charge in [-0.25, -0.2) is 0 Å². The van der Waals surface area contributed by atoms with E-state index in [0.717, 1.165) is 0 Å². The van der Waals surface area contributed by atoms with Gasteiger partial charge < -0.3 is 23.7 Å². The van der Waals surface area contributed by atoms with Gasteiger partial charge in [0.2, 0.25) is 12.4 Å². The summed E-state index contributed by atoms with van der Waals surface area (Å²) in [5.74, 6) is -2.10. The van der Waals surface area contributed by atoms with Crippen LogP contribution >= 0.6 is 0 Å². The van der Waals surface area contributed by atoms with E-state index in [4.69, 9.17) is 23.7 Å². The van der Waals surface area contributed by atoms with Crippen molar-refractivity contribution >= 4 is 23.9 Å². The van der Waals surface area contributed by atoms with E-state index >= 15 is 0 Å². The molecular weight excluding hydrogens is 396 g/mol. The molecule has 1 rings (SSSR count). The molecule has 0 radical (unpaired) electrons. The molecule has 9 heteroatoms. The van der Waals surface area contributed by atoms with Crippen molar-refractivity contribution < 1.29 is 42.9 Å². The van der Waals surface area contributed by atoms with Crippen LogP contribution in [0, 0.1) is 0 Å². The molecule has 1 fully saturated rings. The monoisotopic (exact) mass is 430 g/mol. The molecule has 1 aliphatic rings. The summed E-state index contributed by atoms with van der Waals surface area (Å²) >= 11 is 0. The zero-order valence-corrected chi connectivity index (χ0v) is 18.3. The van der Waals surface area contributed by atoms with E-state index in [-0.39, 0.29) is 32.3 Å². The first kappa shape index (κ1) is 25.9. The van der Waals surface area contributed by atoms with Gasteiger partial charge >= 0.3 is 23.9 Å². The first-order chi connectivity index (χ1) is 14.4. The molecule has 1 saturated heterocycles. The highest BCUT2D eigenvalue weighted by Gasteiger charge is 2.49. The van der Waals surface area contributed by atoms with E-state index in [1.807, 2.05) is 27.7 Å². The summed E-state index contributed by atoms with van der Waals surface area (Å²) in [5, 5.41) is 0. The maximum absolute atomic E-state index is 12.2. The van der Waals surface area contributed by atoms with Gasteiger partial charge in [-0.1, -0.05) is 27.7 Å². The third-order valence-corrected chi connectivity index (χ3v) is 4.27. The van der Waals surface area contributed by atoms with Gasteiger partial charge in [-0.2, -0.15) is 0 Å². The Balaban J connectivity index is 3.12. The van der Waals surface area contributed by atoms with E-state index in [2.05, 4.69) is 0 Å². The van der Waals surface area contributed by atoms with Gasteiger partial charge in [0, 0.05) is 25.7 Å². The van der Waals surface area contributed by atoms with E-state index in [1.54, 1.807) is 0 Å². The van der Waals surface area contributed by atoms with Crippen molar-refractivity contribution in [2.45, 2.75) is 104 Å². The predicted octanol–water partition coefficient (Wildman–Crippen LogP) is 2.82. The number of carbonyl (C=O) groups excluding carboxylic acids is 4. The van der Waals surface area contributed by atoms with Crippen LogP contribution in [0.4, 0.5) is 0 Å². The summed E-state index contributed by atoms with van der Waals surface area (Å²) in [6.45, 7) is 7.12. The van der Waals surface area contributed by atoms with Crippen molar-refractivity contribution in [1.29, 1.82) is 0 Å². The molecule has 0 bridgehead atoms. The summed E-state index contributed by atoms with van der Waals surface area (Å²) in [6, 6.07) is 0. The molecule has 0 saturated carbocycles. The number of esters is 4. The summed E-state index contributed by atoms with van der Waals surface area (Å²) in [7, 11) is 0. The SMILES string of the molecule is CCCC(=O)O[C@@H]1OC[C@@H](OC(=O)CCC)[C@H](OC(=O)CCC)[C@H]1OC(=O)CCC. The summed E-state index contributed by atoms with van der Waals surface area (Å²) in [4.78, 5) is 48.4.